The number of amides is 1. The van der Waals surface area contributed by atoms with Crippen molar-refractivity contribution >= 4 is 23.5 Å². The van der Waals surface area contributed by atoms with Crippen molar-refractivity contribution in [1.82, 2.24) is 9.88 Å². The third-order valence-corrected chi connectivity index (χ3v) is 4.61. The minimum atomic E-state index is -1.11. The molecule has 2 aromatic rings. The molecule has 2 heterocycles. The number of aromatic nitrogens is 1. The smallest absolute Gasteiger partial charge is 0.326 e. The van der Waals surface area contributed by atoms with Crippen molar-refractivity contribution in [2.24, 2.45) is 0 Å². The van der Waals surface area contributed by atoms with Crippen LogP contribution in [0.3, 0.4) is 0 Å². The van der Waals surface area contributed by atoms with Crippen LogP contribution >= 0.6 is 11.6 Å². The maximum atomic E-state index is 12.5. The van der Waals surface area contributed by atoms with E-state index in [9.17, 15) is 19.5 Å². The SMILES string of the molecule is CCC(C(=O)O)n1cc2c(cc1=O)-c1cc(Cl)ccc1CCNC2=O. The second-order valence-electron chi connectivity index (χ2n) is 5.92. The van der Waals surface area contributed by atoms with Gasteiger partial charge >= 0.3 is 5.97 Å². The summed E-state index contributed by atoms with van der Waals surface area (Å²) in [5, 5.41) is 12.6. The minimum absolute atomic E-state index is 0.234. The number of nitrogens with zero attached hydrogens (tertiary/aromatic N) is 1. The fraction of sp³-hybridized carbons (Fsp3) is 0.278. The van der Waals surface area contributed by atoms with Crippen LogP contribution in [0.4, 0.5) is 0 Å². The first-order valence-electron chi connectivity index (χ1n) is 7.98. The molecule has 1 aromatic carbocycles. The summed E-state index contributed by atoms with van der Waals surface area (Å²) in [6.45, 7) is 2.12. The van der Waals surface area contributed by atoms with Gasteiger partial charge in [-0.15, -0.1) is 0 Å². The lowest BCUT2D eigenvalue weighted by atomic mass is 9.93. The molecule has 0 radical (unpaired) electrons. The number of nitrogens with one attached hydrogen (secondary N) is 1. The number of pyridine rings is 1. The van der Waals surface area contributed by atoms with Gasteiger partial charge in [-0.05, 0) is 36.1 Å². The average Bonchev–Trinajstić information content (AvgIpc) is 2.56. The summed E-state index contributed by atoms with van der Waals surface area (Å²) in [4.78, 5) is 36.4. The van der Waals surface area contributed by atoms with Crippen molar-refractivity contribution in [3.05, 3.63) is 57.0 Å². The van der Waals surface area contributed by atoms with Gasteiger partial charge in [-0.1, -0.05) is 24.6 Å². The molecule has 1 aromatic heterocycles. The molecule has 6 nitrogen and oxygen atoms in total. The lowest BCUT2D eigenvalue weighted by Crippen LogP contribution is -2.33. The summed E-state index contributed by atoms with van der Waals surface area (Å²) in [6, 6.07) is 5.67. The highest BCUT2D eigenvalue weighted by Gasteiger charge is 2.24. The predicted molar refractivity (Wildman–Crippen MR) is 94.1 cm³/mol. The van der Waals surface area contributed by atoms with Crippen LogP contribution < -0.4 is 10.9 Å². The van der Waals surface area contributed by atoms with E-state index in [1.54, 1.807) is 19.1 Å². The van der Waals surface area contributed by atoms with E-state index >= 15 is 0 Å². The molecule has 130 valence electrons. The van der Waals surface area contributed by atoms with Gasteiger partial charge < -0.3 is 15.0 Å². The Labute approximate surface area is 149 Å². The fourth-order valence-corrected chi connectivity index (χ4v) is 3.28. The first-order chi connectivity index (χ1) is 11.9. The van der Waals surface area contributed by atoms with Crippen LogP contribution in [0, 0.1) is 0 Å². The quantitative estimate of drug-likeness (QED) is 0.880. The van der Waals surface area contributed by atoms with Crippen LogP contribution in [0.2, 0.25) is 5.02 Å². The molecule has 0 aliphatic carbocycles. The number of fused-ring (bicyclic) bond motifs is 3. The van der Waals surface area contributed by atoms with Gasteiger partial charge in [0.25, 0.3) is 11.5 Å². The molecular weight excluding hydrogens is 344 g/mol. The second kappa shape index (κ2) is 6.72. The zero-order chi connectivity index (χ0) is 18.1. The first kappa shape index (κ1) is 17.2. The lowest BCUT2D eigenvalue weighted by molar-refractivity contribution is -0.141. The number of hydrogen-bond donors (Lipinski definition) is 2. The number of carbonyl (C=O) groups is 2. The lowest BCUT2D eigenvalue weighted by Gasteiger charge is -2.21. The van der Waals surface area contributed by atoms with Crippen LogP contribution in [0.15, 0.2) is 35.3 Å². The largest absolute Gasteiger partial charge is 0.480 e. The number of benzene rings is 1. The van der Waals surface area contributed by atoms with E-state index in [-0.39, 0.29) is 17.9 Å². The van der Waals surface area contributed by atoms with Gasteiger partial charge in [-0.3, -0.25) is 9.59 Å². The van der Waals surface area contributed by atoms with Gasteiger partial charge in [0, 0.05) is 29.4 Å². The van der Waals surface area contributed by atoms with Gasteiger partial charge in [0.1, 0.15) is 6.04 Å². The Morgan fingerprint density at radius 3 is 2.72 bits per heavy atom. The molecule has 0 fully saturated rings. The van der Waals surface area contributed by atoms with Gasteiger partial charge in [-0.2, -0.15) is 0 Å². The monoisotopic (exact) mass is 360 g/mol. The van der Waals surface area contributed by atoms with E-state index < -0.39 is 17.6 Å². The van der Waals surface area contributed by atoms with Crippen molar-refractivity contribution in [3.8, 4) is 11.1 Å². The standard InChI is InChI=1S/C18H17ClN2O4/c1-2-15(18(24)25)21-9-14-13(8-16(21)22)12-7-11(19)4-3-10(12)5-6-20-17(14)23/h3-4,7-9,15H,2,5-6H2,1H3,(H,20,23)(H,24,25). The topological polar surface area (TPSA) is 88.4 Å². The van der Waals surface area contributed by atoms with Crippen LogP contribution in [-0.4, -0.2) is 28.1 Å². The summed E-state index contributed by atoms with van der Waals surface area (Å²) in [5.41, 5.74) is 1.96. The molecule has 7 heteroatoms. The van der Waals surface area contributed by atoms with Crippen molar-refractivity contribution in [2.75, 3.05) is 6.54 Å². The Kier molecular flexibility index (Phi) is 4.63. The number of carboxylic acids is 1. The van der Waals surface area contributed by atoms with E-state index in [0.29, 0.717) is 23.6 Å². The third-order valence-electron chi connectivity index (χ3n) is 4.37. The molecule has 0 bridgehead atoms. The Hall–Kier alpha value is -2.60. The number of hydrogen-bond acceptors (Lipinski definition) is 3. The highest BCUT2D eigenvalue weighted by molar-refractivity contribution is 6.31. The highest BCUT2D eigenvalue weighted by atomic mass is 35.5. The number of halogens is 1. The number of carboxylic acid groups (broad SMARTS) is 1. The second-order valence-corrected chi connectivity index (χ2v) is 6.35. The highest BCUT2D eigenvalue weighted by Crippen LogP contribution is 2.31. The van der Waals surface area contributed by atoms with E-state index in [4.69, 9.17) is 11.6 Å². The molecule has 0 spiro atoms. The Balaban J connectivity index is 2.29. The minimum Gasteiger partial charge on any atom is -0.480 e. The Morgan fingerprint density at radius 2 is 2.04 bits per heavy atom. The maximum absolute atomic E-state index is 12.5. The van der Waals surface area contributed by atoms with Crippen molar-refractivity contribution in [2.45, 2.75) is 25.8 Å². The van der Waals surface area contributed by atoms with Crippen LogP contribution in [0.25, 0.3) is 11.1 Å². The maximum Gasteiger partial charge on any atom is 0.326 e. The number of carbonyl (C=O) groups excluding carboxylic acids is 1. The molecule has 1 aliphatic rings. The van der Waals surface area contributed by atoms with Gasteiger partial charge in [-0.25, -0.2) is 4.79 Å². The molecule has 25 heavy (non-hydrogen) atoms. The van der Waals surface area contributed by atoms with Crippen LogP contribution in [0.1, 0.15) is 35.3 Å². The number of aliphatic carboxylic acids is 1. The average molecular weight is 361 g/mol. The molecule has 1 atom stereocenters. The summed E-state index contributed by atoms with van der Waals surface area (Å²) >= 11 is 6.10. The molecule has 2 N–H and O–H groups in total. The zero-order valence-electron chi connectivity index (χ0n) is 13.6. The van der Waals surface area contributed by atoms with E-state index in [0.717, 1.165) is 15.7 Å². The molecular formula is C18H17ClN2O4. The van der Waals surface area contributed by atoms with Gasteiger partial charge in [0.2, 0.25) is 0 Å². The summed E-state index contributed by atoms with van der Waals surface area (Å²) in [7, 11) is 0. The number of rotatable bonds is 3. The molecule has 1 unspecified atom stereocenters. The molecule has 1 amide bonds. The fourth-order valence-electron chi connectivity index (χ4n) is 3.11. The van der Waals surface area contributed by atoms with Crippen LogP contribution in [-0.2, 0) is 11.2 Å². The van der Waals surface area contributed by atoms with Crippen molar-refractivity contribution in [3.63, 3.8) is 0 Å². The van der Waals surface area contributed by atoms with Gasteiger partial charge in [0.05, 0.1) is 5.56 Å². The summed E-state index contributed by atoms with van der Waals surface area (Å²) < 4.78 is 1.10. The molecule has 1 aliphatic heterocycles. The van der Waals surface area contributed by atoms with Gasteiger partial charge in [0.15, 0.2) is 0 Å². The third kappa shape index (κ3) is 3.17. The van der Waals surface area contributed by atoms with E-state index in [1.165, 1.54) is 12.3 Å². The van der Waals surface area contributed by atoms with Crippen molar-refractivity contribution in [1.29, 1.82) is 0 Å². The zero-order valence-corrected chi connectivity index (χ0v) is 14.3. The molecule has 0 saturated heterocycles. The summed E-state index contributed by atoms with van der Waals surface area (Å²) in [6.07, 6.45) is 2.19. The molecule has 3 rings (SSSR count). The normalized spacial score (nSPS) is 14.6. The Bertz CT molecular complexity index is 920. The summed E-state index contributed by atoms with van der Waals surface area (Å²) in [5.74, 6) is -1.45. The molecule has 0 saturated carbocycles. The Morgan fingerprint density at radius 1 is 1.28 bits per heavy atom. The van der Waals surface area contributed by atoms with E-state index in [1.807, 2.05) is 6.07 Å². The van der Waals surface area contributed by atoms with Crippen molar-refractivity contribution < 1.29 is 14.7 Å². The first-order valence-corrected chi connectivity index (χ1v) is 8.36. The van der Waals surface area contributed by atoms with Crippen LogP contribution in [0.5, 0.6) is 0 Å². The van der Waals surface area contributed by atoms with E-state index in [2.05, 4.69) is 5.32 Å². The predicted octanol–water partition coefficient (Wildman–Crippen LogP) is 2.49.